The molecule has 30 heavy (non-hydrogen) atoms. The smallest absolute Gasteiger partial charge is 0.331 e. The van der Waals surface area contributed by atoms with Crippen LogP contribution in [0.1, 0.15) is 64.2 Å². The van der Waals surface area contributed by atoms with Crippen LogP contribution in [0.3, 0.4) is 0 Å². The van der Waals surface area contributed by atoms with Crippen LogP contribution in [0.4, 0.5) is 0 Å². The Hall–Kier alpha value is -2.81. The van der Waals surface area contributed by atoms with E-state index in [2.05, 4.69) is 17.8 Å². The van der Waals surface area contributed by atoms with Gasteiger partial charge in [-0.05, 0) is 44.6 Å². The largest absolute Gasteiger partial charge is 0.491 e. The third-order valence-electron chi connectivity index (χ3n) is 4.50. The number of carboxylic acids is 1. The number of rotatable bonds is 16. The minimum atomic E-state index is -0.988. The van der Waals surface area contributed by atoms with Gasteiger partial charge in [-0.2, -0.15) is 0 Å². The van der Waals surface area contributed by atoms with E-state index in [0.717, 1.165) is 38.5 Å². The molecule has 0 amide bonds. The minimum Gasteiger partial charge on any atom is -0.491 e. The van der Waals surface area contributed by atoms with Gasteiger partial charge in [0, 0.05) is 37.9 Å². The number of hydrogen-bond donors (Lipinski definition) is 1. The highest BCUT2D eigenvalue weighted by Crippen LogP contribution is 2.29. The lowest BCUT2D eigenvalue weighted by Gasteiger charge is -2.27. The molecule has 0 spiro atoms. The maximum atomic E-state index is 11.6. The van der Waals surface area contributed by atoms with Crippen molar-refractivity contribution in [3.63, 3.8) is 0 Å². The first kappa shape index (κ1) is 25.2. The van der Waals surface area contributed by atoms with E-state index in [1.165, 1.54) is 0 Å². The van der Waals surface area contributed by atoms with Gasteiger partial charge >= 0.3 is 5.97 Å². The van der Waals surface area contributed by atoms with Gasteiger partial charge in [0.05, 0.1) is 13.2 Å². The van der Waals surface area contributed by atoms with E-state index < -0.39 is 12.1 Å². The summed E-state index contributed by atoms with van der Waals surface area (Å²) in [5.74, 6) is 7.80. The van der Waals surface area contributed by atoms with Gasteiger partial charge in [0.15, 0.2) is 11.5 Å². The number of hydrogen-bond acceptors (Lipinski definition) is 4. The lowest BCUT2D eigenvalue weighted by molar-refractivity contribution is -0.133. The summed E-state index contributed by atoms with van der Waals surface area (Å²) < 4.78 is 17.9. The molecule has 0 fully saturated rings. The Labute approximate surface area is 180 Å². The van der Waals surface area contributed by atoms with Crippen LogP contribution in [0.25, 0.3) is 0 Å². The molecule has 0 saturated heterocycles. The zero-order valence-electron chi connectivity index (χ0n) is 17.7. The molecule has 5 nitrogen and oxygen atoms in total. The summed E-state index contributed by atoms with van der Waals surface area (Å²) in [6, 6.07) is 0. The van der Waals surface area contributed by atoms with Gasteiger partial charge in [-0.25, -0.2) is 4.79 Å². The van der Waals surface area contributed by atoms with Gasteiger partial charge in [-0.3, -0.25) is 0 Å². The second-order valence-corrected chi connectivity index (χ2v) is 6.95. The number of carbonyl (C=O) groups is 1. The van der Waals surface area contributed by atoms with Crippen molar-refractivity contribution in [2.75, 3.05) is 19.8 Å². The monoisotopic (exact) mass is 412 g/mol. The van der Waals surface area contributed by atoms with Gasteiger partial charge in [-0.1, -0.05) is 0 Å². The summed E-state index contributed by atoms with van der Waals surface area (Å²) in [5, 5.41) is 9.51. The van der Waals surface area contributed by atoms with Crippen molar-refractivity contribution in [3.8, 4) is 37.0 Å². The van der Waals surface area contributed by atoms with E-state index in [1.807, 2.05) is 0 Å². The predicted octanol–water partition coefficient (Wildman–Crippen LogP) is 4.44. The topological polar surface area (TPSA) is 65.0 Å². The summed E-state index contributed by atoms with van der Waals surface area (Å²) in [4.78, 5) is 11.6. The van der Waals surface area contributed by atoms with Crippen LogP contribution in [-0.4, -0.2) is 37.0 Å². The summed E-state index contributed by atoms with van der Waals surface area (Å²) in [6.45, 7) is 1.37. The molecule has 5 heteroatoms. The van der Waals surface area contributed by atoms with Crippen molar-refractivity contribution in [2.45, 2.75) is 70.3 Å². The maximum Gasteiger partial charge on any atom is 0.331 e. The first-order valence-corrected chi connectivity index (χ1v) is 10.5. The highest BCUT2D eigenvalue weighted by Gasteiger charge is 2.30. The highest BCUT2D eigenvalue weighted by molar-refractivity contribution is 5.87. The van der Waals surface area contributed by atoms with E-state index in [-0.39, 0.29) is 12.0 Å². The van der Waals surface area contributed by atoms with Gasteiger partial charge in [0.2, 0.25) is 0 Å². The van der Waals surface area contributed by atoms with E-state index in [0.29, 0.717) is 50.6 Å². The predicted molar refractivity (Wildman–Crippen MR) is 117 cm³/mol. The fourth-order valence-electron chi connectivity index (χ4n) is 2.88. The Bertz CT molecular complexity index is 711. The Morgan fingerprint density at radius 1 is 0.900 bits per heavy atom. The second kappa shape index (κ2) is 16.0. The quantitative estimate of drug-likeness (QED) is 0.300. The zero-order valence-corrected chi connectivity index (χ0v) is 17.7. The number of aliphatic carboxylic acids is 1. The van der Waals surface area contributed by atoms with Crippen molar-refractivity contribution in [1.29, 1.82) is 0 Å². The lowest BCUT2D eigenvalue weighted by atomic mass is 9.99. The summed E-state index contributed by atoms with van der Waals surface area (Å²) in [5.41, 5.74) is 0.238. The Kier molecular flexibility index (Phi) is 13.5. The molecular weight excluding hydrogens is 380 g/mol. The summed E-state index contributed by atoms with van der Waals surface area (Å²) >= 11 is 0. The normalized spacial score (nSPS) is 15.5. The molecule has 162 valence electrons. The van der Waals surface area contributed by atoms with Crippen molar-refractivity contribution in [3.05, 3.63) is 23.2 Å². The summed E-state index contributed by atoms with van der Waals surface area (Å²) in [6.07, 6.45) is 24.1. The molecule has 1 atom stereocenters. The SMILES string of the molecule is C#CCCCCOC1=C(OCCCCC#C)C(OCCCCC#C)CC(C(=O)O)=C1. The molecule has 0 aromatic heterocycles. The average Bonchev–Trinajstić information content (AvgIpc) is 2.74. The summed E-state index contributed by atoms with van der Waals surface area (Å²) in [7, 11) is 0. The Morgan fingerprint density at radius 2 is 1.43 bits per heavy atom. The molecule has 0 aromatic carbocycles. The molecule has 0 aliphatic heterocycles. The van der Waals surface area contributed by atoms with E-state index >= 15 is 0 Å². The molecule has 1 rings (SSSR count). The standard InChI is InChI=1S/C25H32O5/c1-4-7-10-13-16-28-22-19-21(25(26)27)20-23(29-17-14-11-8-5-2)24(22)30-18-15-12-9-6-3/h1-3,19,23H,7-18,20H2,(H,26,27). The first-order valence-electron chi connectivity index (χ1n) is 10.5. The average molecular weight is 413 g/mol. The molecule has 1 aliphatic carbocycles. The van der Waals surface area contributed by atoms with E-state index in [9.17, 15) is 9.90 Å². The van der Waals surface area contributed by atoms with Crippen molar-refractivity contribution in [1.82, 2.24) is 0 Å². The van der Waals surface area contributed by atoms with Gasteiger partial charge in [0.1, 0.15) is 6.10 Å². The third kappa shape index (κ3) is 10.1. The Morgan fingerprint density at radius 3 is 1.97 bits per heavy atom. The fraction of sp³-hybridized carbons (Fsp3) is 0.560. The first-order chi connectivity index (χ1) is 14.6. The van der Waals surface area contributed by atoms with Crippen LogP contribution in [-0.2, 0) is 19.0 Å². The number of ether oxygens (including phenoxy) is 3. The zero-order chi connectivity index (χ0) is 22.0. The van der Waals surface area contributed by atoms with Crippen molar-refractivity contribution < 1.29 is 24.1 Å². The highest BCUT2D eigenvalue weighted by atomic mass is 16.6. The van der Waals surface area contributed by atoms with Crippen molar-refractivity contribution >= 4 is 5.97 Å². The Balaban J connectivity index is 2.87. The number of terminal acetylenes is 3. The van der Waals surface area contributed by atoms with Crippen LogP contribution >= 0.6 is 0 Å². The maximum absolute atomic E-state index is 11.6. The van der Waals surface area contributed by atoms with Gasteiger partial charge in [0.25, 0.3) is 0 Å². The lowest BCUT2D eigenvalue weighted by Crippen LogP contribution is -2.27. The molecule has 0 saturated carbocycles. The molecule has 1 aliphatic rings. The molecule has 0 radical (unpaired) electrons. The molecule has 0 bridgehead atoms. The number of unbranched alkanes of at least 4 members (excludes halogenated alkanes) is 6. The molecular formula is C25H32O5. The van der Waals surface area contributed by atoms with E-state index in [1.54, 1.807) is 6.08 Å². The second-order valence-electron chi connectivity index (χ2n) is 6.95. The minimum absolute atomic E-state index is 0.230. The number of carboxylic acid groups (broad SMARTS) is 1. The molecule has 0 heterocycles. The molecule has 1 unspecified atom stereocenters. The molecule has 1 N–H and O–H groups in total. The third-order valence-corrected chi connectivity index (χ3v) is 4.50. The van der Waals surface area contributed by atoms with Crippen LogP contribution in [0.2, 0.25) is 0 Å². The van der Waals surface area contributed by atoms with Crippen molar-refractivity contribution in [2.24, 2.45) is 0 Å². The van der Waals surface area contributed by atoms with Gasteiger partial charge in [-0.15, -0.1) is 37.0 Å². The van der Waals surface area contributed by atoms with Crippen LogP contribution in [0.15, 0.2) is 23.2 Å². The van der Waals surface area contributed by atoms with Crippen LogP contribution < -0.4 is 0 Å². The van der Waals surface area contributed by atoms with E-state index in [4.69, 9.17) is 33.5 Å². The van der Waals surface area contributed by atoms with Gasteiger partial charge < -0.3 is 19.3 Å². The van der Waals surface area contributed by atoms with Crippen LogP contribution in [0, 0.1) is 37.0 Å². The van der Waals surface area contributed by atoms with Crippen LogP contribution in [0.5, 0.6) is 0 Å². The molecule has 0 aromatic rings. The number of allylic oxidation sites excluding steroid dienone is 1. The fourth-order valence-corrected chi connectivity index (χ4v) is 2.88.